The van der Waals surface area contributed by atoms with Gasteiger partial charge in [0.25, 0.3) is 0 Å². The van der Waals surface area contributed by atoms with Crippen molar-refractivity contribution in [2.24, 2.45) is 23.7 Å². The summed E-state index contributed by atoms with van der Waals surface area (Å²) in [6.07, 6.45) is 4.17. The number of amides is 1. The van der Waals surface area contributed by atoms with E-state index in [4.69, 9.17) is 21.1 Å². The van der Waals surface area contributed by atoms with Crippen LogP contribution < -0.4 is 5.32 Å². The van der Waals surface area contributed by atoms with Crippen molar-refractivity contribution in [2.75, 3.05) is 5.32 Å². The van der Waals surface area contributed by atoms with Gasteiger partial charge in [0.05, 0.1) is 12.2 Å². The molecular formula is C17H18ClNO3. The Labute approximate surface area is 134 Å². The van der Waals surface area contributed by atoms with E-state index in [0.717, 1.165) is 18.3 Å². The molecule has 1 aromatic rings. The van der Waals surface area contributed by atoms with E-state index in [1.165, 1.54) is 12.8 Å². The molecule has 22 heavy (non-hydrogen) atoms. The highest BCUT2D eigenvalue weighted by Crippen LogP contribution is 2.64. The van der Waals surface area contributed by atoms with Crippen LogP contribution in [-0.4, -0.2) is 24.4 Å². The molecule has 1 aliphatic heterocycles. The number of ether oxygens (including phenoxy) is 2. The molecule has 5 heteroatoms. The first-order valence-electron chi connectivity index (χ1n) is 8.08. The van der Waals surface area contributed by atoms with Crippen LogP contribution in [0.1, 0.15) is 19.3 Å². The maximum atomic E-state index is 12.1. The van der Waals surface area contributed by atoms with Crippen molar-refractivity contribution in [3.63, 3.8) is 0 Å². The molecule has 0 radical (unpaired) electrons. The van der Waals surface area contributed by atoms with Gasteiger partial charge in [-0.2, -0.15) is 0 Å². The lowest BCUT2D eigenvalue weighted by molar-refractivity contribution is 0.0251. The number of rotatable bonds is 2. The van der Waals surface area contributed by atoms with Gasteiger partial charge in [-0.1, -0.05) is 11.6 Å². The number of hydrogen-bond donors (Lipinski definition) is 1. The number of carbonyl (C=O) groups is 1. The Bertz CT molecular complexity index is 619. The van der Waals surface area contributed by atoms with Gasteiger partial charge in [0.2, 0.25) is 0 Å². The van der Waals surface area contributed by atoms with Crippen molar-refractivity contribution in [2.45, 2.75) is 37.6 Å². The lowest BCUT2D eigenvalue weighted by atomic mass is 9.79. The molecule has 1 amide bonds. The van der Waals surface area contributed by atoms with Crippen LogP contribution in [0.5, 0.6) is 0 Å². The Morgan fingerprint density at radius 3 is 2.82 bits per heavy atom. The van der Waals surface area contributed by atoms with E-state index in [-0.39, 0.29) is 12.2 Å². The lowest BCUT2D eigenvalue weighted by Gasteiger charge is -2.32. The molecule has 4 aliphatic rings. The molecule has 5 rings (SSSR count). The lowest BCUT2D eigenvalue weighted by Crippen LogP contribution is -2.35. The number of anilines is 1. The smallest absolute Gasteiger partial charge is 0.411 e. The molecule has 3 aliphatic carbocycles. The van der Waals surface area contributed by atoms with Gasteiger partial charge in [0.1, 0.15) is 6.10 Å². The van der Waals surface area contributed by atoms with Gasteiger partial charge in [-0.15, -0.1) is 0 Å². The number of nitrogens with one attached hydrogen (secondary N) is 1. The standard InChI is InChI=1S/C17H18ClNO3/c18-9-1-3-10(4-2-9)19-17(20)22-13-6-8-5-11(13)12-7-14-16(21-14)15(8)12/h1-4,8,11-16H,5-7H2,(H,19,20)/t8-,11+,12+,13-,14+,15+,16+/m1/s1. The van der Waals surface area contributed by atoms with Crippen molar-refractivity contribution in [3.8, 4) is 0 Å². The van der Waals surface area contributed by atoms with Crippen LogP contribution in [0.15, 0.2) is 24.3 Å². The van der Waals surface area contributed by atoms with Crippen LogP contribution in [0, 0.1) is 23.7 Å². The highest BCUT2D eigenvalue weighted by molar-refractivity contribution is 6.30. The fourth-order valence-electron chi connectivity index (χ4n) is 5.22. The Kier molecular flexibility index (Phi) is 2.77. The zero-order chi connectivity index (χ0) is 14.8. The Hall–Kier alpha value is -1.26. The van der Waals surface area contributed by atoms with Gasteiger partial charge in [0, 0.05) is 10.7 Å². The molecule has 1 aromatic carbocycles. The second-order valence-corrected chi connectivity index (χ2v) is 7.52. The number of carbonyl (C=O) groups excluding carboxylic acids is 1. The quantitative estimate of drug-likeness (QED) is 0.846. The first kappa shape index (κ1) is 13.2. The zero-order valence-corrected chi connectivity index (χ0v) is 12.8. The summed E-state index contributed by atoms with van der Waals surface area (Å²) in [7, 11) is 0. The van der Waals surface area contributed by atoms with Gasteiger partial charge in [0.15, 0.2) is 0 Å². The Balaban J connectivity index is 1.22. The minimum atomic E-state index is -0.351. The molecule has 4 nitrogen and oxygen atoms in total. The summed E-state index contributed by atoms with van der Waals surface area (Å²) < 4.78 is 11.4. The summed E-state index contributed by atoms with van der Waals surface area (Å²) in [6.45, 7) is 0. The molecule has 3 saturated carbocycles. The van der Waals surface area contributed by atoms with Crippen molar-refractivity contribution < 1.29 is 14.3 Å². The van der Waals surface area contributed by atoms with E-state index in [1.54, 1.807) is 24.3 Å². The maximum absolute atomic E-state index is 12.1. The number of benzene rings is 1. The van der Waals surface area contributed by atoms with E-state index >= 15 is 0 Å². The van der Waals surface area contributed by atoms with Crippen LogP contribution in [0.3, 0.4) is 0 Å². The fraction of sp³-hybridized carbons (Fsp3) is 0.588. The van der Waals surface area contributed by atoms with Gasteiger partial charge in [-0.3, -0.25) is 5.32 Å². The topological polar surface area (TPSA) is 50.9 Å². The zero-order valence-electron chi connectivity index (χ0n) is 12.1. The predicted octanol–water partition coefficient (Wildman–Crippen LogP) is 3.70. The normalized spacial score (nSPS) is 43.6. The van der Waals surface area contributed by atoms with E-state index in [9.17, 15) is 4.79 Å². The van der Waals surface area contributed by atoms with Crippen LogP contribution in [0.2, 0.25) is 5.02 Å². The number of hydrogen-bond acceptors (Lipinski definition) is 3. The average molecular weight is 320 g/mol. The van der Waals surface area contributed by atoms with Crippen LogP contribution in [0.25, 0.3) is 0 Å². The third-order valence-corrected chi connectivity index (χ3v) is 6.28. The molecule has 0 spiro atoms. The molecule has 7 atom stereocenters. The molecule has 4 fully saturated rings. The number of halogens is 1. The second-order valence-electron chi connectivity index (χ2n) is 7.09. The van der Waals surface area contributed by atoms with Gasteiger partial charge in [-0.25, -0.2) is 4.79 Å². The average Bonchev–Trinajstić information content (AvgIpc) is 2.84. The molecule has 116 valence electrons. The molecule has 1 heterocycles. The second kappa shape index (κ2) is 4.62. The summed E-state index contributed by atoms with van der Waals surface area (Å²) in [4.78, 5) is 12.1. The minimum absolute atomic E-state index is 0.0797. The molecule has 1 N–H and O–H groups in total. The van der Waals surface area contributed by atoms with Crippen molar-refractivity contribution in [1.29, 1.82) is 0 Å². The van der Waals surface area contributed by atoms with E-state index in [1.807, 2.05) is 0 Å². The van der Waals surface area contributed by atoms with Crippen LogP contribution in [-0.2, 0) is 9.47 Å². The SMILES string of the molecule is O=C(Nc1ccc(Cl)cc1)O[C@@H]1C[C@H]2C[C@H]1[C@@H]1C[C@@H]3O[C@@H]3[C@@H]21. The third kappa shape index (κ3) is 1.97. The monoisotopic (exact) mass is 319 g/mol. The Morgan fingerprint density at radius 1 is 1.18 bits per heavy atom. The summed E-state index contributed by atoms with van der Waals surface area (Å²) in [5.41, 5.74) is 0.714. The third-order valence-electron chi connectivity index (χ3n) is 6.03. The van der Waals surface area contributed by atoms with Crippen molar-refractivity contribution >= 4 is 23.4 Å². The van der Waals surface area contributed by atoms with Crippen molar-refractivity contribution in [3.05, 3.63) is 29.3 Å². The highest BCUT2D eigenvalue weighted by Gasteiger charge is 2.67. The molecule has 2 bridgehead atoms. The summed E-state index contributed by atoms with van der Waals surface area (Å²) in [5, 5.41) is 3.44. The van der Waals surface area contributed by atoms with Gasteiger partial charge < -0.3 is 9.47 Å². The first-order chi connectivity index (χ1) is 10.7. The van der Waals surface area contributed by atoms with Crippen LogP contribution >= 0.6 is 11.6 Å². The first-order valence-corrected chi connectivity index (χ1v) is 8.45. The largest absolute Gasteiger partial charge is 0.446 e. The van der Waals surface area contributed by atoms with E-state index in [2.05, 4.69) is 5.32 Å². The Morgan fingerprint density at radius 2 is 2.00 bits per heavy atom. The van der Waals surface area contributed by atoms with Gasteiger partial charge in [-0.05, 0) is 67.2 Å². The summed E-state index contributed by atoms with van der Waals surface area (Å²) in [5.74, 6) is 2.70. The highest BCUT2D eigenvalue weighted by atomic mass is 35.5. The molecule has 1 saturated heterocycles. The summed E-state index contributed by atoms with van der Waals surface area (Å²) >= 11 is 5.84. The summed E-state index contributed by atoms with van der Waals surface area (Å²) in [6, 6.07) is 7.07. The van der Waals surface area contributed by atoms with Gasteiger partial charge >= 0.3 is 6.09 Å². The maximum Gasteiger partial charge on any atom is 0.411 e. The van der Waals surface area contributed by atoms with E-state index in [0.29, 0.717) is 34.8 Å². The van der Waals surface area contributed by atoms with Crippen molar-refractivity contribution in [1.82, 2.24) is 0 Å². The minimum Gasteiger partial charge on any atom is -0.446 e. The van der Waals surface area contributed by atoms with Crippen LogP contribution in [0.4, 0.5) is 10.5 Å². The molecule has 0 aromatic heterocycles. The number of fused-ring (bicyclic) bond motifs is 7. The van der Waals surface area contributed by atoms with E-state index < -0.39 is 0 Å². The molecule has 0 unspecified atom stereocenters. The number of epoxide rings is 1. The fourth-order valence-corrected chi connectivity index (χ4v) is 5.35. The molecular weight excluding hydrogens is 302 g/mol. The predicted molar refractivity (Wildman–Crippen MR) is 81.8 cm³/mol.